The van der Waals surface area contributed by atoms with E-state index in [-0.39, 0.29) is 57.6 Å². The molecule has 2 aliphatic rings. The zero-order valence-corrected chi connectivity index (χ0v) is 31.8. The van der Waals surface area contributed by atoms with Gasteiger partial charge in [0.2, 0.25) is 17.6 Å². The minimum atomic E-state index is -1.37. The topological polar surface area (TPSA) is 179 Å². The third kappa shape index (κ3) is 11.4. The number of aliphatic hydroxyl groups excluding tert-OH is 2. The predicted octanol–water partition coefficient (Wildman–Crippen LogP) is 4.31. The molecule has 3 aromatic carbocycles. The lowest BCUT2D eigenvalue weighted by Gasteiger charge is -2.31. The van der Waals surface area contributed by atoms with Gasteiger partial charge in [0.1, 0.15) is 30.5 Å². The maximum Gasteiger partial charge on any atom is 0.338 e. The van der Waals surface area contributed by atoms with Crippen LogP contribution in [0.4, 0.5) is 0 Å². The van der Waals surface area contributed by atoms with Gasteiger partial charge >= 0.3 is 11.9 Å². The zero-order chi connectivity index (χ0) is 40.1. The first-order valence-corrected chi connectivity index (χ1v) is 18.7. The number of benzene rings is 3. The normalized spacial score (nSPS) is 19.3. The van der Waals surface area contributed by atoms with Crippen LogP contribution in [-0.4, -0.2) is 90.3 Å². The van der Waals surface area contributed by atoms with Gasteiger partial charge in [0.15, 0.2) is 0 Å². The Kier molecular flexibility index (Phi) is 14.6. The third-order valence-electron chi connectivity index (χ3n) is 8.99. The average Bonchev–Trinajstić information content (AvgIpc) is 3.60. The summed E-state index contributed by atoms with van der Waals surface area (Å²) >= 11 is 0. The number of esters is 2. The number of rotatable bonds is 17. The van der Waals surface area contributed by atoms with E-state index in [0.717, 1.165) is 16.7 Å². The van der Waals surface area contributed by atoms with Gasteiger partial charge in [0.25, 0.3) is 0 Å². The molecule has 1 saturated heterocycles. The summed E-state index contributed by atoms with van der Waals surface area (Å²) in [6, 6.07) is 24.8. The molecule has 13 heteroatoms. The molecule has 3 aromatic rings. The first kappa shape index (κ1) is 41.8. The van der Waals surface area contributed by atoms with Crippen molar-refractivity contribution in [3.05, 3.63) is 125 Å². The van der Waals surface area contributed by atoms with Crippen molar-refractivity contribution >= 4 is 29.8 Å². The van der Waals surface area contributed by atoms with E-state index in [1.807, 2.05) is 60.7 Å². The van der Waals surface area contributed by atoms with Gasteiger partial charge in [-0.25, -0.2) is 4.79 Å². The number of nitrogens with one attached hydrogen (secondary N) is 2. The minimum absolute atomic E-state index is 0.00816. The second kappa shape index (κ2) is 19.5. The first-order valence-electron chi connectivity index (χ1n) is 18.7. The molecule has 0 radical (unpaired) electrons. The second-order valence-electron chi connectivity index (χ2n) is 14.5. The highest BCUT2D eigenvalue weighted by atomic mass is 16.8. The number of carbonyl (C=O) groups is 4. The molecule has 4 N–H and O–H groups in total. The summed E-state index contributed by atoms with van der Waals surface area (Å²) < 4.78 is 30.1. The molecule has 56 heavy (non-hydrogen) atoms. The molecule has 0 bridgehead atoms. The van der Waals surface area contributed by atoms with E-state index in [0.29, 0.717) is 5.57 Å². The van der Waals surface area contributed by atoms with E-state index in [4.69, 9.17) is 28.8 Å². The Morgan fingerprint density at radius 1 is 0.911 bits per heavy atom. The Labute approximate surface area is 326 Å². The van der Waals surface area contributed by atoms with Crippen LogP contribution in [0.25, 0.3) is 6.08 Å². The molecule has 5 rings (SSSR count). The molecule has 1 aliphatic carbocycles. The SMILES string of the molecule is CC(C)(C)OC(=O)CCC(CO)NC(=O)CCNC(=O)C1=CC2OC(c3ccccc3)(c3ccccc3)OC2C(OC(=O)c2ccc(C=COCCO)cc2)C1. The second-order valence-corrected chi connectivity index (χ2v) is 14.5. The molecule has 298 valence electrons. The van der Waals surface area contributed by atoms with Crippen molar-refractivity contribution in [1.82, 2.24) is 10.6 Å². The fourth-order valence-corrected chi connectivity index (χ4v) is 6.37. The fraction of sp³-hybridized carbons (Fsp3) is 0.395. The van der Waals surface area contributed by atoms with Crippen LogP contribution in [0.3, 0.4) is 0 Å². The highest BCUT2D eigenvalue weighted by Crippen LogP contribution is 2.47. The monoisotopic (exact) mass is 770 g/mol. The average molecular weight is 771 g/mol. The maximum absolute atomic E-state index is 13.6. The number of fused-ring (bicyclic) bond motifs is 1. The van der Waals surface area contributed by atoms with Gasteiger partial charge in [-0.1, -0.05) is 72.8 Å². The molecule has 4 unspecified atom stereocenters. The lowest BCUT2D eigenvalue weighted by atomic mass is 9.91. The maximum atomic E-state index is 13.6. The molecule has 2 amide bonds. The summed E-state index contributed by atoms with van der Waals surface area (Å²) in [6.45, 7) is 4.95. The standard InChI is InChI=1S/C43H50N2O11/c1-42(2,3)55-38(49)19-18-34(28-47)45-37(48)20-22-44-40(50)31-26-35(53-41(51)30-16-14-29(15-17-30)21-24-52-25-23-46)39-36(27-31)54-43(56-39,32-10-6-4-7-11-32)33-12-8-5-9-13-33/h4-17,21,24,27,34-36,39,46-47H,18-20,22-23,25-26,28H2,1-3H3,(H,44,50)(H,45,48). The summed E-state index contributed by atoms with van der Waals surface area (Å²) in [5.74, 6) is -3.31. The summed E-state index contributed by atoms with van der Waals surface area (Å²) in [5, 5.41) is 24.1. The van der Waals surface area contributed by atoms with Gasteiger partial charge in [0.05, 0.1) is 31.1 Å². The van der Waals surface area contributed by atoms with Gasteiger partial charge in [-0.05, 0) is 57.0 Å². The van der Waals surface area contributed by atoms with Crippen molar-refractivity contribution in [1.29, 1.82) is 0 Å². The lowest BCUT2D eigenvalue weighted by molar-refractivity contribution is -0.157. The summed E-state index contributed by atoms with van der Waals surface area (Å²) in [4.78, 5) is 52.1. The van der Waals surface area contributed by atoms with Gasteiger partial charge < -0.3 is 44.5 Å². The Morgan fingerprint density at radius 3 is 2.18 bits per heavy atom. The van der Waals surface area contributed by atoms with Crippen LogP contribution in [0.5, 0.6) is 0 Å². The summed E-state index contributed by atoms with van der Waals surface area (Å²) in [6.07, 6.45) is 2.45. The van der Waals surface area contributed by atoms with E-state index in [1.54, 1.807) is 57.2 Å². The van der Waals surface area contributed by atoms with E-state index >= 15 is 0 Å². The van der Waals surface area contributed by atoms with Crippen LogP contribution in [0, 0.1) is 0 Å². The summed E-state index contributed by atoms with van der Waals surface area (Å²) in [5.41, 5.74) is 2.13. The van der Waals surface area contributed by atoms with Crippen LogP contribution in [-0.2, 0) is 43.9 Å². The number of hydrogen-bond acceptors (Lipinski definition) is 11. The molecule has 1 heterocycles. The number of aliphatic hydroxyl groups is 2. The van der Waals surface area contributed by atoms with Crippen molar-refractivity contribution in [2.75, 3.05) is 26.4 Å². The first-order chi connectivity index (χ1) is 26.9. The molecule has 1 aliphatic heterocycles. The Morgan fingerprint density at radius 2 is 1.57 bits per heavy atom. The molecule has 4 atom stereocenters. The Hall–Kier alpha value is -5.34. The third-order valence-corrected chi connectivity index (χ3v) is 8.99. The van der Waals surface area contributed by atoms with Gasteiger partial charge in [-0.2, -0.15) is 0 Å². The number of hydrogen-bond donors (Lipinski definition) is 4. The highest BCUT2D eigenvalue weighted by Gasteiger charge is 2.55. The summed E-state index contributed by atoms with van der Waals surface area (Å²) in [7, 11) is 0. The van der Waals surface area contributed by atoms with Crippen molar-refractivity contribution in [3.8, 4) is 0 Å². The molecular weight excluding hydrogens is 720 g/mol. The van der Waals surface area contributed by atoms with Crippen LogP contribution in [0.2, 0.25) is 0 Å². The Bertz CT molecular complexity index is 1800. The highest BCUT2D eigenvalue weighted by molar-refractivity contribution is 5.94. The van der Waals surface area contributed by atoms with Gasteiger partial charge in [-0.15, -0.1) is 0 Å². The largest absolute Gasteiger partial charge is 0.499 e. The lowest BCUT2D eigenvalue weighted by Crippen LogP contribution is -2.44. The van der Waals surface area contributed by atoms with Crippen molar-refractivity contribution in [2.45, 2.75) is 82.2 Å². The van der Waals surface area contributed by atoms with Crippen molar-refractivity contribution in [2.24, 2.45) is 0 Å². The molecule has 0 spiro atoms. The molecule has 0 saturated carbocycles. The Balaban J connectivity index is 1.29. The molecule has 1 fully saturated rings. The molecule has 13 nitrogen and oxygen atoms in total. The van der Waals surface area contributed by atoms with Crippen LogP contribution in [0.1, 0.15) is 73.5 Å². The van der Waals surface area contributed by atoms with Crippen LogP contribution >= 0.6 is 0 Å². The van der Waals surface area contributed by atoms with Crippen LogP contribution < -0.4 is 10.6 Å². The van der Waals surface area contributed by atoms with E-state index < -0.39 is 59.5 Å². The predicted molar refractivity (Wildman–Crippen MR) is 206 cm³/mol. The number of carbonyl (C=O) groups excluding carboxylic acids is 4. The fourth-order valence-electron chi connectivity index (χ4n) is 6.37. The van der Waals surface area contributed by atoms with E-state index in [2.05, 4.69) is 10.6 Å². The number of ether oxygens (including phenoxy) is 5. The van der Waals surface area contributed by atoms with E-state index in [1.165, 1.54) is 6.26 Å². The molecule has 0 aromatic heterocycles. The molecular formula is C43H50N2O11. The van der Waals surface area contributed by atoms with Crippen molar-refractivity contribution in [3.63, 3.8) is 0 Å². The van der Waals surface area contributed by atoms with Crippen molar-refractivity contribution < 1.29 is 53.1 Å². The quantitative estimate of drug-likeness (QED) is 0.0874. The zero-order valence-electron chi connectivity index (χ0n) is 31.8. The van der Waals surface area contributed by atoms with E-state index in [9.17, 15) is 24.3 Å². The number of amides is 2. The minimum Gasteiger partial charge on any atom is -0.499 e. The van der Waals surface area contributed by atoms with Gasteiger partial charge in [0, 0.05) is 42.5 Å². The van der Waals surface area contributed by atoms with Gasteiger partial charge in [-0.3, -0.25) is 14.4 Å². The van der Waals surface area contributed by atoms with Crippen LogP contribution in [0.15, 0.2) is 103 Å². The smallest absolute Gasteiger partial charge is 0.338 e.